The third-order valence-electron chi connectivity index (χ3n) is 13.5. The van der Waals surface area contributed by atoms with E-state index >= 15 is 0 Å². The van der Waals surface area contributed by atoms with Gasteiger partial charge in [-0.1, -0.05) is 12.1 Å². The average Bonchev–Trinajstić information content (AvgIpc) is 4.10. The van der Waals surface area contributed by atoms with E-state index in [1.54, 1.807) is 16.9 Å². The van der Waals surface area contributed by atoms with Crippen LogP contribution in [-0.4, -0.2) is 125 Å². The predicted octanol–water partition coefficient (Wildman–Crippen LogP) is 4.34. The molecule has 2 saturated carbocycles. The zero-order valence-corrected chi connectivity index (χ0v) is 34.8. The van der Waals surface area contributed by atoms with Crippen LogP contribution in [0.3, 0.4) is 0 Å². The maximum atomic E-state index is 14.3. The number of carbonyl (C=O) groups excluding carboxylic acids is 4. The van der Waals surface area contributed by atoms with Crippen LogP contribution in [0.2, 0.25) is 0 Å². The van der Waals surface area contributed by atoms with Gasteiger partial charge >= 0.3 is 0 Å². The highest BCUT2D eigenvalue weighted by Crippen LogP contribution is 2.43. The van der Waals surface area contributed by atoms with Crippen LogP contribution >= 0.6 is 11.5 Å². The Labute approximate surface area is 359 Å². The molecule has 2 bridgehead atoms. The minimum atomic E-state index is -2.88. The molecule has 0 spiro atoms. The number of halogens is 2. The first kappa shape index (κ1) is 40.6. The van der Waals surface area contributed by atoms with Crippen molar-refractivity contribution in [2.45, 2.75) is 87.8 Å². The summed E-state index contributed by atoms with van der Waals surface area (Å²) < 4.78 is 37.0. The van der Waals surface area contributed by atoms with Crippen molar-refractivity contribution in [3.8, 4) is 0 Å². The second-order valence-corrected chi connectivity index (χ2v) is 18.4. The van der Waals surface area contributed by atoms with Crippen LogP contribution in [0.5, 0.6) is 0 Å². The number of aromatic nitrogens is 6. The van der Waals surface area contributed by atoms with Gasteiger partial charge in [0.2, 0.25) is 17.7 Å². The number of benzene rings is 1. The highest BCUT2D eigenvalue weighted by Gasteiger charge is 2.49. The fourth-order valence-corrected chi connectivity index (χ4v) is 11.1. The number of fused-ring (bicyclic) bond motifs is 4. The molecular weight excluding hydrogens is 823 g/mol. The summed E-state index contributed by atoms with van der Waals surface area (Å²) in [5.74, 6) is -0.750. The number of alkyl halides is 2. The summed E-state index contributed by atoms with van der Waals surface area (Å²) in [5, 5.41) is 28.2. The lowest BCUT2D eigenvalue weighted by Crippen LogP contribution is -2.49. The monoisotopic (exact) mass is 870 g/mol. The number of carbonyl (C=O) groups is 4. The lowest BCUT2D eigenvalue weighted by Gasteiger charge is -2.38. The van der Waals surface area contributed by atoms with Gasteiger partial charge in [-0.05, 0) is 80.9 Å². The molecule has 20 heteroatoms. The third-order valence-corrected chi connectivity index (χ3v) is 14.4. The normalized spacial score (nSPS) is 25.9. The van der Waals surface area contributed by atoms with E-state index in [1.165, 1.54) is 28.4 Å². The number of rotatable bonds is 11. The zero-order valence-electron chi connectivity index (χ0n) is 34.0. The Hall–Kier alpha value is -5.44. The van der Waals surface area contributed by atoms with Crippen LogP contribution in [0, 0.1) is 5.92 Å². The fourth-order valence-electron chi connectivity index (χ4n) is 10.2. The number of piperazine rings is 1. The summed E-state index contributed by atoms with van der Waals surface area (Å²) in [6.45, 7) is 4.82. The summed E-state index contributed by atoms with van der Waals surface area (Å²) in [6.07, 6.45) is 8.10. The molecule has 3 aliphatic heterocycles. The van der Waals surface area contributed by atoms with Crippen molar-refractivity contribution in [3.05, 3.63) is 59.8 Å². The first-order valence-corrected chi connectivity index (χ1v) is 22.2. The number of hydrogen-bond acceptors (Lipinski definition) is 13. The van der Waals surface area contributed by atoms with Gasteiger partial charge < -0.3 is 25.5 Å². The average molecular weight is 871 g/mol. The molecule has 4 N–H and O–H groups in total. The molecule has 2 unspecified atom stereocenters. The van der Waals surface area contributed by atoms with Crippen molar-refractivity contribution in [1.82, 2.24) is 43.9 Å². The molecule has 4 aromatic heterocycles. The first-order valence-electron chi connectivity index (χ1n) is 21.5. The Morgan fingerprint density at radius 3 is 2.53 bits per heavy atom. The van der Waals surface area contributed by atoms with Gasteiger partial charge in [-0.25, -0.2) is 18.3 Å². The van der Waals surface area contributed by atoms with Crippen molar-refractivity contribution in [1.29, 1.82) is 0 Å². The number of amides is 4. The predicted molar refractivity (Wildman–Crippen MR) is 225 cm³/mol. The van der Waals surface area contributed by atoms with Gasteiger partial charge in [0.25, 0.3) is 12.3 Å². The molecular formula is C42H48F2N12O5S. The number of imide groups is 1. The van der Waals surface area contributed by atoms with Gasteiger partial charge in [-0.15, -0.1) is 0 Å². The molecule has 1 aromatic carbocycles. The highest BCUT2D eigenvalue weighted by molar-refractivity contribution is 7.14. The van der Waals surface area contributed by atoms with E-state index in [0.717, 1.165) is 81.3 Å². The van der Waals surface area contributed by atoms with Crippen molar-refractivity contribution in [2.24, 2.45) is 5.92 Å². The molecule has 3 saturated heterocycles. The van der Waals surface area contributed by atoms with E-state index in [9.17, 15) is 33.1 Å². The van der Waals surface area contributed by atoms with E-state index in [4.69, 9.17) is 4.98 Å². The van der Waals surface area contributed by atoms with Crippen molar-refractivity contribution < 1.29 is 33.1 Å². The number of hydrogen-bond donors (Lipinski definition) is 4. The zero-order chi connectivity index (χ0) is 42.7. The number of aliphatic hydroxyl groups is 1. The highest BCUT2D eigenvalue weighted by atomic mass is 32.1. The molecule has 5 aliphatic rings. The van der Waals surface area contributed by atoms with Crippen LogP contribution < -0.4 is 20.9 Å². The quantitative estimate of drug-likeness (QED) is 0.138. The van der Waals surface area contributed by atoms with Gasteiger partial charge in [-0.3, -0.25) is 34.1 Å². The Morgan fingerprint density at radius 1 is 0.984 bits per heavy atom. The standard InChI is InChI=1S/C42H48F2N12O5S/c43-38(44)36-31(47-41(60)29-19-45-55-13-11-32(48-39(29)55)54-23-42(61)12-10-26(54)18-42)21-56(50-36)25-6-4-24(5-7-25)20-52-14-16-53(17-15-52)22-34(58)46-30-3-1-2-27-35(51-62-37(27)30)28-8-9-33(57)49-40(28)59/h1-3,11,13,19,21,24-26,28,38,61H,4-10,12,14-18,20,22-23H2,(H,46,58)(H,47,60)(H,49,57,59)/t24?,25?,26-,28?,42?/m1/s1. The van der Waals surface area contributed by atoms with Crippen molar-refractivity contribution in [3.63, 3.8) is 0 Å². The van der Waals surface area contributed by atoms with Gasteiger partial charge in [0.1, 0.15) is 11.4 Å². The van der Waals surface area contributed by atoms with E-state index in [0.29, 0.717) is 48.2 Å². The molecule has 326 valence electrons. The molecule has 17 nitrogen and oxygen atoms in total. The summed E-state index contributed by atoms with van der Waals surface area (Å²) in [5.41, 5.74) is 0.513. The van der Waals surface area contributed by atoms with E-state index in [-0.39, 0.29) is 54.0 Å². The second-order valence-electron chi connectivity index (χ2n) is 17.6. The topological polar surface area (TPSA) is 195 Å². The van der Waals surface area contributed by atoms with Crippen LogP contribution in [0.15, 0.2) is 42.9 Å². The molecule has 0 radical (unpaired) electrons. The number of piperidine rings is 2. The van der Waals surface area contributed by atoms with Gasteiger partial charge in [-0.2, -0.15) is 14.6 Å². The van der Waals surface area contributed by atoms with Crippen molar-refractivity contribution in [2.75, 3.05) is 61.3 Å². The maximum Gasteiger partial charge on any atom is 0.284 e. The second kappa shape index (κ2) is 16.4. The van der Waals surface area contributed by atoms with Gasteiger partial charge in [0, 0.05) is 69.5 Å². The largest absolute Gasteiger partial charge is 0.388 e. The number of β-amino-alcohol motifs (C(OH)–C–C–N with tert-alkyl or cyclic N) is 1. The minimum Gasteiger partial charge on any atom is -0.388 e. The lowest BCUT2D eigenvalue weighted by atomic mass is 9.85. The maximum absolute atomic E-state index is 14.3. The number of nitrogens with zero attached hydrogens (tertiary/aromatic N) is 9. The number of nitrogens with one attached hydrogen (secondary N) is 3. The van der Waals surface area contributed by atoms with E-state index in [1.807, 2.05) is 18.2 Å². The van der Waals surface area contributed by atoms with Crippen LogP contribution in [-0.2, 0) is 14.4 Å². The summed E-state index contributed by atoms with van der Waals surface area (Å²) in [6, 6.07) is 7.48. The fraction of sp³-hybridized carbons (Fsp3) is 0.524. The molecule has 10 rings (SSSR count). The molecule has 3 atom stereocenters. The third kappa shape index (κ3) is 7.92. The SMILES string of the molecule is O=C1CCC(c2nsc3c(NC(=O)CN4CCN(CC5CCC(n6cc(NC(=O)c7cnn8ccc(N9CC%10(O)CC[C@@H]9C%10)nc78)c(C(F)F)n6)CC5)CC4)cccc23)C(=O)N1. The number of anilines is 3. The van der Waals surface area contributed by atoms with E-state index in [2.05, 4.69) is 45.2 Å². The summed E-state index contributed by atoms with van der Waals surface area (Å²) in [7, 11) is 0. The molecule has 62 heavy (non-hydrogen) atoms. The Morgan fingerprint density at radius 2 is 1.79 bits per heavy atom. The lowest BCUT2D eigenvalue weighted by molar-refractivity contribution is -0.134. The molecule has 4 amide bonds. The molecule has 5 aromatic rings. The Kier molecular flexibility index (Phi) is 10.7. The Bertz CT molecular complexity index is 2550. The van der Waals surface area contributed by atoms with Gasteiger partial charge in [0.15, 0.2) is 11.3 Å². The van der Waals surface area contributed by atoms with Crippen LogP contribution in [0.1, 0.15) is 97.9 Å². The summed E-state index contributed by atoms with van der Waals surface area (Å²) in [4.78, 5) is 62.3. The minimum absolute atomic E-state index is 0.0345. The molecule has 7 heterocycles. The van der Waals surface area contributed by atoms with E-state index < -0.39 is 29.5 Å². The molecule has 5 fully saturated rings. The Balaban J connectivity index is 0.701. The molecule has 2 aliphatic carbocycles. The smallest absolute Gasteiger partial charge is 0.284 e. The van der Waals surface area contributed by atoms with Crippen molar-refractivity contribution >= 4 is 68.1 Å². The first-order chi connectivity index (χ1) is 30.0. The van der Waals surface area contributed by atoms with Gasteiger partial charge in [0.05, 0.1) is 52.1 Å². The van der Waals surface area contributed by atoms with Crippen LogP contribution in [0.25, 0.3) is 15.7 Å². The summed E-state index contributed by atoms with van der Waals surface area (Å²) >= 11 is 1.24. The van der Waals surface area contributed by atoms with Crippen LogP contribution in [0.4, 0.5) is 26.0 Å².